The van der Waals surface area contributed by atoms with Crippen molar-refractivity contribution in [1.29, 1.82) is 0 Å². The van der Waals surface area contributed by atoms with E-state index in [2.05, 4.69) is 10.3 Å². The lowest BCUT2D eigenvalue weighted by Crippen LogP contribution is -2.26. The van der Waals surface area contributed by atoms with Crippen LogP contribution >= 0.6 is 0 Å². The summed E-state index contributed by atoms with van der Waals surface area (Å²) >= 11 is 0. The maximum absolute atomic E-state index is 13.3. The normalized spacial score (nSPS) is 11.0. The Labute approximate surface area is 238 Å². The number of aryl methyl sites for hydroxylation is 2. The molecule has 1 aromatic heterocycles. The summed E-state index contributed by atoms with van der Waals surface area (Å²) in [7, 11) is 0. The van der Waals surface area contributed by atoms with E-state index in [-0.39, 0.29) is 24.9 Å². The lowest BCUT2D eigenvalue weighted by Gasteiger charge is -2.14. The Morgan fingerprint density at radius 2 is 1.73 bits per heavy atom. The highest BCUT2D eigenvalue weighted by Crippen LogP contribution is 2.28. The van der Waals surface area contributed by atoms with Crippen molar-refractivity contribution < 1.29 is 33.0 Å². The van der Waals surface area contributed by atoms with Gasteiger partial charge in [0.15, 0.2) is 0 Å². The molecule has 8 nitrogen and oxygen atoms in total. The van der Waals surface area contributed by atoms with Gasteiger partial charge in [0.25, 0.3) is 0 Å². The number of carboxylic acids is 1. The molecular weight excluding hydrogens is 527 g/mol. The van der Waals surface area contributed by atoms with Gasteiger partial charge in [0.1, 0.15) is 17.3 Å². The zero-order chi connectivity index (χ0) is 29.4. The topological polar surface area (TPSA) is 111 Å². The number of aliphatic carboxylic acids is 1. The second kappa shape index (κ2) is 13.6. The molecule has 0 atom stereocenters. The van der Waals surface area contributed by atoms with Crippen molar-refractivity contribution in [2.45, 2.75) is 52.7 Å². The van der Waals surface area contributed by atoms with Crippen molar-refractivity contribution in [3.63, 3.8) is 0 Å². The number of rotatable bonds is 12. The van der Waals surface area contributed by atoms with Crippen LogP contribution in [0.15, 0.2) is 71.1 Å². The van der Waals surface area contributed by atoms with Crippen molar-refractivity contribution in [2.75, 3.05) is 6.61 Å². The first kappa shape index (κ1) is 29.3. The molecule has 9 heteroatoms. The number of nitrogens with one attached hydrogen (secondary N) is 1. The molecule has 214 valence electrons. The van der Waals surface area contributed by atoms with Crippen LogP contribution in [0.5, 0.6) is 5.75 Å². The van der Waals surface area contributed by atoms with Crippen LogP contribution in [0.3, 0.4) is 0 Å². The van der Waals surface area contributed by atoms with Gasteiger partial charge in [0, 0.05) is 24.9 Å². The number of halogens is 1. The minimum Gasteiger partial charge on any atom is -0.493 e. The molecule has 41 heavy (non-hydrogen) atoms. The van der Waals surface area contributed by atoms with Crippen LogP contribution in [-0.4, -0.2) is 34.9 Å². The fraction of sp³-hybridized carbons (Fsp3) is 0.281. The molecule has 0 fully saturated rings. The molecule has 0 aliphatic carbocycles. The molecule has 1 heterocycles. The number of carbonyl (C=O) groups excluding carboxylic acids is 1. The Morgan fingerprint density at radius 3 is 2.46 bits per heavy atom. The lowest BCUT2D eigenvalue weighted by atomic mass is 10.0. The SMILES string of the molecule is Cc1oc(-c2cccc(-c3ccc(F)cc3)c2)nc1CCOc1ccc(CCC(=O)O)c(CNC(=O)OC(C)C)c1. The largest absolute Gasteiger partial charge is 0.493 e. The fourth-order valence-corrected chi connectivity index (χ4v) is 4.29. The highest BCUT2D eigenvalue weighted by atomic mass is 19.1. The molecule has 0 radical (unpaired) electrons. The van der Waals surface area contributed by atoms with E-state index in [0.29, 0.717) is 36.8 Å². The zero-order valence-electron chi connectivity index (χ0n) is 23.3. The molecule has 0 spiro atoms. The molecule has 4 rings (SSSR count). The van der Waals surface area contributed by atoms with Crippen molar-refractivity contribution in [3.05, 3.63) is 95.1 Å². The van der Waals surface area contributed by atoms with E-state index in [1.54, 1.807) is 38.1 Å². The van der Waals surface area contributed by atoms with Gasteiger partial charge in [0.05, 0.1) is 18.4 Å². The number of alkyl carbamates (subject to hydrolysis) is 1. The Hall–Kier alpha value is -4.66. The average molecular weight is 561 g/mol. The number of oxazole rings is 1. The standard InChI is InChI=1S/C32H33FN2O6/c1-20(2)40-32(38)34-19-26-18-28(13-9-23(26)10-14-30(36)37)39-16-15-29-21(3)41-31(35-29)25-6-4-5-24(17-25)22-7-11-27(33)12-8-22/h4-9,11-13,17-18,20H,10,14-16,19H2,1-3H3,(H,34,38)(H,36,37). The second-order valence-electron chi connectivity index (χ2n) is 9.84. The molecule has 4 aromatic rings. The van der Waals surface area contributed by atoms with Gasteiger partial charge in [-0.25, -0.2) is 14.2 Å². The van der Waals surface area contributed by atoms with Gasteiger partial charge in [-0.3, -0.25) is 4.79 Å². The Kier molecular flexibility index (Phi) is 9.73. The molecule has 0 aliphatic rings. The summed E-state index contributed by atoms with van der Waals surface area (Å²) in [5.41, 5.74) is 4.97. The number of benzene rings is 3. The van der Waals surface area contributed by atoms with Gasteiger partial charge in [-0.1, -0.05) is 30.3 Å². The molecule has 0 saturated carbocycles. The highest BCUT2D eigenvalue weighted by Gasteiger charge is 2.14. The monoisotopic (exact) mass is 560 g/mol. The van der Waals surface area contributed by atoms with Crippen LogP contribution in [0.1, 0.15) is 42.8 Å². The number of ether oxygens (including phenoxy) is 2. The van der Waals surface area contributed by atoms with E-state index in [4.69, 9.17) is 19.0 Å². The van der Waals surface area contributed by atoms with Gasteiger partial charge >= 0.3 is 12.1 Å². The van der Waals surface area contributed by atoms with Crippen LogP contribution in [0.2, 0.25) is 0 Å². The number of aromatic nitrogens is 1. The minimum atomic E-state index is -0.895. The van der Waals surface area contributed by atoms with Crippen LogP contribution < -0.4 is 10.1 Å². The number of carboxylic acid groups (broad SMARTS) is 1. The molecule has 1 amide bonds. The average Bonchev–Trinajstić information content (AvgIpc) is 3.31. The first-order chi connectivity index (χ1) is 19.7. The molecule has 0 saturated heterocycles. The molecule has 0 bridgehead atoms. The molecule has 3 aromatic carbocycles. The summed E-state index contributed by atoms with van der Waals surface area (Å²) in [4.78, 5) is 27.7. The predicted molar refractivity (Wildman–Crippen MR) is 152 cm³/mol. The number of amides is 1. The van der Waals surface area contributed by atoms with E-state index in [1.807, 2.05) is 37.3 Å². The zero-order valence-corrected chi connectivity index (χ0v) is 23.3. The number of nitrogens with zero attached hydrogens (tertiary/aromatic N) is 1. The van der Waals surface area contributed by atoms with E-state index in [1.165, 1.54) is 12.1 Å². The van der Waals surface area contributed by atoms with Gasteiger partial charge in [-0.05, 0) is 85.8 Å². The summed E-state index contributed by atoms with van der Waals surface area (Å²) in [6.45, 7) is 5.89. The summed E-state index contributed by atoms with van der Waals surface area (Å²) in [5.74, 6) is 0.590. The van der Waals surface area contributed by atoms with Crippen molar-refractivity contribution >= 4 is 12.1 Å². The van der Waals surface area contributed by atoms with Gasteiger partial charge in [0.2, 0.25) is 5.89 Å². The molecule has 0 unspecified atom stereocenters. The van der Waals surface area contributed by atoms with E-state index in [9.17, 15) is 14.0 Å². The summed E-state index contributed by atoms with van der Waals surface area (Å²) in [5, 5.41) is 11.8. The fourth-order valence-electron chi connectivity index (χ4n) is 4.29. The Bertz CT molecular complexity index is 1500. The van der Waals surface area contributed by atoms with Crippen LogP contribution in [0, 0.1) is 12.7 Å². The van der Waals surface area contributed by atoms with Crippen molar-refractivity contribution in [1.82, 2.24) is 10.3 Å². The number of carbonyl (C=O) groups is 2. The number of hydrogen-bond donors (Lipinski definition) is 2. The highest BCUT2D eigenvalue weighted by molar-refractivity contribution is 5.70. The van der Waals surface area contributed by atoms with Gasteiger partial charge < -0.3 is 24.3 Å². The maximum Gasteiger partial charge on any atom is 0.407 e. The first-order valence-electron chi connectivity index (χ1n) is 13.4. The molecule has 2 N–H and O–H groups in total. The van der Waals surface area contributed by atoms with Gasteiger partial charge in [-0.2, -0.15) is 0 Å². The second-order valence-corrected chi connectivity index (χ2v) is 9.84. The maximum atomic E-state index is 13.3. The summed E-state index contributed by atoms with van der Waals surface area (Å²) < 4.78 is 30.4. The first-order valence-corrected chi connectivity index (χ1v) is 13.4. The third kappa shape index (κ3) is 8.41. The minimum absolute atomic E-state index is 0.0236. The van der Waals surface area contributed by atoms with E-state index < -0.39 is 12.1 Å². The Morgan fingerprint density at radius 1 is 0.976 bits per heavy atom. The number of hydrogen-bond acceptors (Lipinski definition) is 6. The summed E-state index contributed by atoms with van der Waals surface area (Å²) in [6, 6.07) is 19.5. The summed E-state index contributed by atoms with van der Waals surface area (Å²) in [6.07, 6.45) is 0.00733. The third-order valence-corrected chi connectivity index (χ3v) is 6.34. The third-order valence-electron chi connectivity index (χ3n) is 6.34. The van der Waals surface area contributed by atoms with E-state index >= 15 is 0 Å². The Balaban J connectivity index is 1.41. The molecular formula is C32H33FN2O6. The quantitative estimate of drug-likeness (QED) is 0.198. The van der Waals surface area contributed by atoms with E-state index in [0.717, 1.165) is 33.5 Å². The lowest BCUT2D eigenvalue weighted by molar-refractivity contribution is -0.136. The smallest absolute Gasteiger partial charge is 0.407 e. The molecule has 0 aliphatic heterocycles. The van der Waals surface area contributed by atoms with Crippen LogP contribution in [0.25, 0.3) is 22.6 Å². The van der Waals surface area contributed by atoms with Crippen LogP contribution in [0.4, 0.5) is 9.18 Å². The predicted octanol–water partition coefficient (Wildman–Crippen LogP) is 6.73. The van der Waals surface area contributed by atoms with Crippen molar-refractivity contribution in [3.8, 4) is 28.3 Å². The van der Waals surface area contributed by atoms with Gasteiger partial charge in [-0.15, -0.1) is 0 Å². The van der Waals surface area contributed by atoms with Crippen LogP contribution in [-0.2, 0) is 28.9 Å². The van der Waals surface area contributed by atoms with Crippen molar-refractivity contribution in [2.24, 2.45) is 0 Å².